The van der Waals surface area contributed by atoms with Gasteiger partial charge in [0.15, 0.2) is 0 Å². The minimum absolute atomic E-state index is 0.0704. The molecule has 0 saturated carbocycles. The number of carboxylic acids is 1. The molecule has 1 aliphatic rings. The van der Waals surface area contributed by atoms with Crippen LogP contribution in [0.25, 0.3) is 0 Å². The molecule has 0 unspecified atom stereocenters. The maximum atomic E-state index is 12.7. The van der Waals surface area contributed by atoms with Gasteiger partial charge in [0.25, 0.3) is 5.91 Å². The summed E-state index contributed by atoms with van der Waals surface area (Å²) in [6.07, 6.45) is 3.60. The molecular weight excluding hydrogens is 286 g/mol. The standard InChI is InChI=1S/C15H23N3O4/c1-15(2,3)18-8-10(7-16-18)14(21)17-9-12(22-4)5-11(17)6-13(19)20/h7-8,11-12H,5-6,9H2,1-4H3,(H,19,20)/t11-,12-/m1/s1. The average Bonchev–Trinajstić information content (AvgIpc) is 3.02. The molecule has 1 fully saturated rings. The Bertz CT molecular complexity index is 561. The Morgan fingerprint density at radius 1 is 1.45 bits per heavy atom. The molecule has 1 saturated heterocycles. The quantitative estimate of drug-likeness (QED) is 0.907. The van der Waals surface area contributed by atoms with Crippen LogP contribution in [0.3, 0.4) is 0 Å². The van der Waals surface area contributed by atoms with Gasteiger partial charge in [0.05, 0.1) is 29.8 Å². The summed E-state index contributed by atoms with van der Waals surface area (Å²) >= 11 is 0. The topological polar surface area (TPSA) is 84.7 Å². The fourth-order valence-corrected chi connectivity index (χ4v) is 2.65. The fraction of sp³-hybridized carbons (Fsp3) is 0.667. The summed E-state index contributed by atoms with van der Waals surface area (Å²) in [5, 5.41) is 13.2. The van der Waals surface area contributed by atoms with E-state index < -0.39 is 5.97 Å². The first-order valence-corrected chi connectivity index (χ1v) is 7.33. The van der Waals surface area contributed by atoms with E-state index in [1.165, 1.54) is 6.20 Å². The van der Waals surface area contributed by atoms with Crippen LogP contribution in [0.1, 0.15) is 44.0 Å². The van der Waals surface area contributed by atoms with Crippen LogP contribution in [0.4, 0.5) is 0 Å². The second kappa shape index (κ2) is 6.08. The molecule has 7 nitrogen and oxygen atoms in total. The number of aromatic nitrogens is 2. The third-order valence-corrected chi connectivity index (χ3v) is 3.90. The predicted octanol–water partition coefficient (Wildman–Crippen LogP) is 1.34. The number of carboxylic acid groups (broad SMARTS) is 1. The third-order valence-electron chi connectivity index (χ3n) is 3.90. The molecule has 0 radical (unpaired) electrons. The first kappa shape index (κ1) is 16.5. The van der Waals surface area contributed by atoms with Gasteiger partial charge in [0, 0.05) is 25.9 Å². The van der Waals surface area contributed by atoms with Gasteiger partial charge in [-0.05, 0) is 27.2 Å². The summed E-state index contributed by atoms with van der Waals surface area (Å²) in [5.74, 6) is -1.11. The number of nitrogens with zero attached hydrogens (tertiary/aromatic N) is 3. The fourth-order valence-electron chi connectivity index (χ4n) is 2.65. The van der Waals surface area contributed by atoms with Crippen LogP contribution >= 0.6 is 0 Å². The van der Waals surface area contributed by atoms with E-state index in [9.17, 15) is 9.59 Å². The zero-order valence-electron chi connectivity index (χ0n) is 13.4. The van der Waals surface area contributed by atoms with Crippen LogP contribution in [0.5, 0.6) is 0 Å². The van der Waals surface area contributed by atoms with Crippen LogP contribution in [-0.2, 0) is 15.1 Å². The van der Waals surface area contributed by atoms with E-state index in [-0.39, 0.29) is 30.0 Å². The molecule has 22 heavy (non-hydrogen) atoms. The second-order valence-corrected chi connectivity index (χ2v) is 6.65. The molecule has 1 aliphatic heterocycles. The maximum absolute atomic E-state index is 12.7. The van der Waals surface area contributed by atoms with Crippen molar-refractivity contribution in [2.75, 3.05) is 13.7 Å². The van der Waals surface area contributed by atoms with Gasteiger partial charge in [-0.15, -0.1) is 0 Å². The summed E-state index contributed by atoms with van der Waals surface area (Å²) in [5.41, 5.74) is 0.265. The number of hydrogen-bond donors (Lipinski definition) is 1. The lowest BCUT2D eigenvalue weighted by Gasteiger charge is -2.23. The Labute approximate surface area is 129 Å². The molecular formula is C15H23N3O4. The van der Waals surface area contributed by atoms with Crippen LogP contribution < -0.4 is 0 Å². The van der Waals surface area contributed by atoms with E-state index in [0.717, 1.165) is 0 Å². The van der Waals surface area contributed by atoms with Crippen LogP contribution in [0.15, 0.2) is 12.4 Å². The highest BCUT2D eigenvalue weighted by atomic mass is 16.5. The van der Waals surface area contributed by atoms with Crippen LogP contribution in [0, 0.1) is 0 Å². The number of aliphatic carboxylic acids is 1. The first-order valence-electron chi connectivity index (χ1n) is 7.33. The third kappa shape index (κ3) is 3.47. The smallest absolute Gasteiger partial charge is 0.305 e. The second-order valence-electron chi connectivity index (χ2n) is 6.65. The highest BCUT2D eigenvalue weighted by Crippen LogP contribution is 2.25. The Kier molecular flexibility index (Phi) is 4.55. The van der Waals surface area contributed by atoms with Gasteiger partial charge in [-0.3, -0.25) is 14.3 Å². The minimum Gasteiger partial charge on any atom is -0.481 e. The molecule has 0 aliphatic carbocycles. The van der Waals surface area contributed by atoms with Crippen molar-refractivity contribution >= 4 is 11.9 Å². The number of likely N-dealkylation sites (tertiary alicyclic amines) is 1. The lowest BCUT2D eigenvalue weighted by molar-refractivity contribution is -0.137. The number of methoxy groups -OCH3 is 1. The zero-order valence-corrected chi connectivity index (χ0v) is 13.4. The Hall–Kier alpha value is -1.89. The van der Waals surface area contributed by atoms with Crippen molar-refractivity contribution < 1.29 is 19.4 Å². The van der Waals surface area contributed by atoms with E-state index in [4.69, 9.17) is 9.84 Å². The van der Waals surface area contributed by atoms with Gasteiger partial charge in [-0.1, -0.05) is 0 Å². The molecule has 0 aromatic carbocycles. The molecule has 0 spiro atoms. The molecule has 1 N–H and O–H groups in total. The molecule has 2 heterocycles. The van der Waals surface area contributed by atoms with Crippen molar-refractivity contribution in [2.45, 2.75) is 51.3 Å². The lowest BCUT2D eigenvalue weighted by atomic mass is 10.1. The minimum atomic E-state index is -0.912. The van der Waals surface area contributed by atoms with Gasteiger partial charge in [0.1, 0.15) is 0 Å². The monoisotopic (exact) mass is 309 g/mol. The van der Waals surface area contributed by atoms with E-state index in [0.29, 0.717) is 18.5 Å². The number of hydrogen-bond acceptors (Lipinski definition) is 4. The largest absolute Gasteiger partial charge is 0.481 e. The highest BCUT2D eigenvalue weighted by molar-refractivity contribution is 5.94. The Morgan fingerprint density at radius 2 is 2.14 bits per heavy atom. The molecule has 2 atom stereocenters. The van der Waals surface area contributed by atoms with Gasteiger partial charge < -0.3 is 14.7 Å². The molecule has 122 valence electrons. The number of ether oxygens (including phenoxy) is 1. The summed E-state index contributed by atoms with van der Waals surface area (Å²) in [6.45, 7) is 6.41. The molecule has 2 rings (SSSR count). The number of rotatable bonds is 4. The number of carbonyl (C=O) groups is 2. The van der Waals surface area contributed by atoms with Crippen molar-refractivity contribution in [3.8, 4) is 0 Å². The number of carbonyl (C=O) groups excluding carboxylic acids is 1. The molecule has 1 amide bonds. The zero-order chi connectivity index (χ0) is 16.5. The van der Waals surface area contributed by atoms with E-state index in [1.807, 2.05) is 20.8 Å². The normalized spacial score (nSPS) is 22.1. The van der Waals surface area contributed by atoms with Gasteiger partial charge >= 0.3 is 5.97 Å². The van der Waals surface area contributed by atoms with E-state index >= 15 is 0 Å². The molecule has 0 bridgehead atoms. The Morgan fingerprint density at radius 3 is 2.64 bits per heavy atom. The first-order chi connectivity index (χ1) is 10.2. The van der Waals surface area contributed by atoms with Crippen molar-refractivity contribution in [3.63, 3.8) is 0 Å². The molecule has 1 aromatic heterocycles. The number of amides is 1. The lowest BCUT2D eigenvalue weighted by Crippen LogP contribution is -2.37. The SMILES string of the molecule is CO[C@@H]1C[C@H](CC(=O)O)N(C(=O)c2cnn(C(C)(C)C)c2)C1. The maximum Gasteiger partial charge on any atom is 0.305 e. The van der Waals surface area contributed by atoms with Crippen LogP contribution in [-0.4, -0.2) is 57.5 Å². The van der Waals surface area contributed by atoms with Crippen LogP contribution in [0.2, 0.25) is 0 Å². The summed E-state index contributed by atoms with van der Waals surface area (Å²) < 4.78 is 7.02. The molecule has 1 aromatic rings. The van der Waals surface area contributed by atoms with E-state index in [2.05, 4.69) is 5.10 Å². The van der Waals surface area contributed by atoms with Crippen molar-refractivity contribution in [1.29, 1.82) is 0 Å². The van der Waals surface area contributed by atoms with E-state index in [1.54, 1.807) is 22.9 Å². The predicted molar refractivity (Wildman–Crippen MR) is 79.7 cm³/mol. The Balaban J connectivity index is 2.19. The van der Waals surface area contributed by atoms with Gasteiger partial charge in [0.2, 0.25) is 0 Å². The van der Waals surface area contributed by atoms with Gasteiger partial charge in [-0.2, -0.15) is 5.10 Å². The van der Waals surface area contributed by atoms with Crippen molar-refractivity contribution in [1.82, 2.24) is 14.7 Å². The summed E-state index contributed by atoms with van der Waals surface area (Å²) in [7, 11) is 1.58. The summed E-state index contributed by atoms with van der Waals surface area (Å²) in [6, 6.07) is -0.340. The van der Waals surface area contributed by atoms with Crippen molar-refractivity contribution in [2.24, 2.45) is 0 Å². The molecule has 7 heteroatoms. The average molecular weight is 309 g/mol. The highest BCUT2D eigenvalue weighted by Gasteiger charge is 2.37. The van der Waals surface area contributed by atoms with Gasteiger partial charge in [-0.25, -0.2) is 0 Å². The summed E-state index contributed by atoms with van der Waals surface area (Å²) in [4.78, 5) is 25.2. The van der Waals surface area contributed by atoms with Crippen molar-refractivity contribution in [3.05, 3.63) is 18.0 Å².